The van der Waals surface area contributed by atoms with Crippen molar-refractivity contribution >= 4 is 29.1 Å². The maximum Gasteiger partial charge on any atom is 0.224 e. The van der Waals surface area contributed by atoms with Gasteiger partial charge in [-0.15, -0.1) is 0 Å². The minimum atomic E-state index is 0.0311. The van der Waals surface area contributed by atoms with E-state index in [1.54, 1.807) is 6.07 Å². The summed E-state index contributed by atoms with van der Waals surface area (Å²) in [4.78, 5) is 14.8. The average Bonchev–Trinajstić information content (AvgIpc) is 2.63. The third-order valence-electron chi connectivity index (χ3n) is 4.59. The Morgan fingerprint density at radius 1 is 1.16 bits per heavy atom. The molecular formula is C20H22Cl2N2O. The molecule has 1 saturated heterocycles. The summed E-state index contributed by atoms with van der Waals surface area (Å²) in [5.41, 5.74) is 2.17. The van der Waals surface area contributed by atoms with E-state index >= 15 is 0 Å². The van der Waals surface area contributed by atoms with Gasteiger partial charge in [0.15, 0.2) is 0 Å². The number of hydrogen-bond acceptors (Lipinski definition) is 2. The first-order valence-corrected chi connectivity index (χ1v) is 9.35. The van der Waals surface area contributed by atoms with Crippen LogP contribution in [0.2, 0.25) is 10.0 Å². The fraction of sp³-hybridized carbons (Fsp3) is 0.350. The van der Waals surface area contributed by atoms with Crippen molar-refractivity contribution in [3.8, 4) is 0 Å². The minimum absolute atomic E-state index is 0.0311. The molecule has 3 nitrogen and oxygen atoms in total. The summed E-state index contributed by atoms with van der Waals surface area (Å²) in [6, 6.07) is 15.6. The van der Waals surface area contributed by atoms with Gasteiger partial charge in [0.2, 0.25) is 5.91 Å². The summed E-state index contributed by atoms with van der Waals surface area (Å²) >= 11 is 12.2. The van der Waals surface area contributed by atoms with Crippen molar-refractivity contribution in [1.82, 2.24) is 10.2 Å². The molecule has 0 unspecified atom stereocenters. The van der Waals surface area contributed by atoms with E-state index in [-0.39, 0.29) is 11.8 Å². The maximum absolute atomic E-state index is 12.5. The second-order valence-corrected chi connectivity index (χ2v) is 7.36. The first kappa shape index (κ1) is 18.2. The topological polar surface area (TPSA) is 32.3 Å². The van der Waals surface area contributed by atoms with Gasteiger partial charge in [-0.3, -0.25) is 9.69 Å². The van der Waals surface area contributed by atoms with Gasteiger partial charge in [0, 0.05) is 29.7 Å². The summed E-state index contributed by atoms with van der Waals surface area (Å²) in [6.45, 7) is 3.08. The zero-order valence-electron chi connectivity index (χ0n) is 14.1. The molecule has 0 aliphatic carbocycles. The molecule has 0 bridgehead atoms. The Morgan fingerprint density at radius 2 is 1.96 bits per heavy atom. The largest absolute Gasteiger partial charge is 0.352 e. The third-order valence-corrected chi connectivity index (χ3v) is 5.18. The van der Waals surface area contributed by atoms with Crippen LogP contribution in [-0.2, 0) is 17.9 Å². The van der Waals surface area contributed by atoms with E-state index in [2.05, 4.69) is 10.2 Å². The van der Waals surface area contributed by atoms with Crippen LogP contribution in [0.25, 0.3) is 0 Å². The fourth-order valence-electron chi connectivity index (χ4n) is 3.23. The second kappa shape index (κ2) is 8.70. The maximum atomic E-state index is 12.5. The Hall–Kier alpha value is -1.55. The van der Waals surface area contributed by atoms with Gasteiger partial charge < -0.3 is 5.32 Å². The third kappa shape index (κ3) is 5.21. The van der Waals surface area contributed by atoms with Crippen molar-refractivity contribution in [1.29, 1.82) is 0 Å². The smallest absolute Gasteiger partial charge is 0.224 e. The van der Waals surface area contributed by atoms with Gasteiger partial charge in [0.25, 0.3) is 0 Å². The molecule has 0 spiro atoms. The quantitative estimate of drug-likeness (QED) is 0.831. The highest BCUT2D eigenvalue weighted by atomic mass is 35.5. The molecule has 2 aromatic carbocycles. The van der Waals surface area contributed by atoms with Crippen LogP contribution < -0.4 is 5.32 Å². The number of likely N-dealkylation sites (tertiary alicyclic amines) is 1. The molecule has 1 amide bonds. The second-order valence-electron chi connectivity index (χ2n) is 6.51. The Balaban J connectivity index is 1.54. The van der Waals surface area contributed by atoms with Crippen LogP contribution in [0.5, 0.6) is 0 Å². The van der Waals surface area contributed by atoms with Gasteiger partial charge in [-0.25, -0.2) is 0 Å². The van der Waals surface area contributed by atoms with Crippen LogP contribution in [-0.4, -0.2) is 23.9 Å². The van der Waals surface area contributed by atoms with E-state index in [0.29, 0.717) is 16.6 Å². The molecule has 1 atom stereocenters. The summed E-state index contributed by atoms with van der Waals surface area (Å²) in [5.74, 6) is 0.166. The number of amides is 1. The van der Waals surface area contributed by atoms with Crippen molar-refractivity contribution in [2.75, 3.05) is 13.1 Å². The highest BCUT2D eigenvalue weighted by Crippen LogP contribution is 2.25. The number of rotatable bonds is 5. The predicted octanol–water partition coefficient (Wildman–Crippen LogP) is 4.52. The number of hydrogen-bond donors (Lipinski definition) is 1. The normalized spacial score (nSPS) is 18.1. The van der Waals surface area contributed by atoms with Gasteiger partial charge in [-0.2, -0.15) is 0 Å². The number of carbonyl (C=O) groups is 1. The van der Waals surface area contributed by atoms with Gasteiger partial charge in [-0.1, -0.05) is 59.6 Å². The average molecular weight is 377 g/mol. The Bertz CT molecular complexity index is 721. The molecule has 132 valence electrons. The molecular weight excluding hydrogens is 355 g/mol. The zero-order valence-corrected chi connectivity index (χ0v) is 15.6. The monoisotopic (exact) mass is 376 g/mol. The van der Waals surface area contributed by atoms with Crippen LogP contribution in [0.15, 0.2) is 48.5 Å². The van der Waals surface area contributed by atoms with E-state index in [9.17, 15) is 4.79 Å². The van der Waals surface area contributed by atoms with E-state index in [1.807, 2.05) is 42.5 Å². The Labute approximate surface area is 158 Å². The molecule has 1 aliphatic heterocycles. The van der Waals surface area contributed by atoms with Crippen LogP contribution in [0.3, 0.4) is 0 Å². The van der Waals surface area contributed by atoms with Crippen LogP contribution >= 0.6 is 23.2 Å². The molecule has 1 aliphatic rings. The molecule has 1 heterocycles. The molecule has 3 rings (SSSR count). The summed E-state index contributed by atoms with van der Waals surface area (Å²) in [7, 11) is 0. The number of nitrogens with zero attached hydrogens (tertiary/aromatic N) is 1. The van der Waals surface area contributed by atoms with Crippen molar-refractivity contribution in [3.05, 3.63) is 69.7 Å². The lowest BCUT2D eigenvalue weighted by Gasteiger charge is -2.32. The number of nitrogens with one attached hydrogen (secondary N) is 1. The SMILES string of the molecule is O=C(NCc1ccccc1)[C@H]1CCCN(Cc2ccc(Cl)cc2Cl)C1. The van der Waals surface area contributed by atoms with Gasteiger partial charge in [-0.05, 0) is 42.6 Å². The van der Waals surface area contributed by atoms with Gasteiger partial charge in [0.05, 0.1) is 5.92 Å². The fourth-order valence-corrected chi connectivity index (χ4v) is 3.70. The van der Waals surface area contributed by atoms with Crippen molar-refractivity contribution in [2.45, 2.75) is 25.9 Å². The predicted molar refractivity (Wildman–Crippen MR) is 103 cm³/mol. The molecule has 25 heavy (non-hydrogen) atoms. The zero-order chi connectivity index (χ0) is 17.6. The summed E-state index contributed by atoms with van der Waals surface area (Å²) in [5, 5.41) is 4.39. The van der Waals surface area contributed by atoms with Crippen molar-refractivity contribution in [2.24, 2.45) is 5.92 Å². The Kier molecular flexibility index (Phi) is 6.35. The van der Waals surface area contributed by atoms with Crippen molar-refractivity contribution in [3.63, 3.8) is 0 Å². The summed E-state index contributed by atoms with van der Waals surface area (Å²) in [6.07, 6.45) is 1.96. The van der Waals surface area contributed by atoms with Gasteiger partial charge in [0.1, 0.15) is 0 Å². The lowest BCUT2D eigenvalue weighted by Crippen LogP contribution is -2.42. The lowest BCUT2D eigenvalue weighted by atomic mass is 9.96. The molecule has 5 heteroatoms. The molecule has 2 aromatic rings. The molecule has 1 N–H and O–H groups in total. The summed E-state index contributed by atoms with van der Waals surface area (Å²) < 4.78 is 0. The van der Waals surface area contributed by atoms with Crippen LogP contribution in [0.1, 0.15) is 24.0 Å². The van der Waals surface area contributed by atoms with Crippen molar-refractivity contribution < 1.29 is 4.79 Å². The van der Waals surface area contributed by atoms with Crippen LogP contribution in [0, 0.1) is 5.92 Å². The number of benzene rings is 2. The molecule has 1 fully saturated rings. The molecule has 0 saturated carbocycles. The first-order valence-electron chi connectivity index (χ1n) is 8.60. The van der Waals surface area contributed by atoms with Crippen LogP contribution in [0.4, 0.5) is 0 Å². The van der Waals surface area contributed by atoms with E-state index < -0.39 is 0 Å². The molecule has 0 aromatic heterocycles. The van der Waals surface area contributed by atoms with E-state index in [4.69, 9.17) is 23.2 Å². The Morgan fingerprint density at radius 3 is 2.72 bits per heavy atom. The standard InChI is InChI=1S/C20H22Cl2N2O/c21-18-9-8-16(19(22)11-18)13-24-10-4-7-17(14-24)20(25)23-12-15-5-2-1-3-6-15/h1-3,5-6,8-9,11,17H,4,7,10,12-14H2,(H,23,25)/t17-/m0/s1. The lowest BCUT2D eigenvalue weighted by molar-refractivity contribution is -0.126. The number of piperidine rings is 1. The van der Waals surface area contributed by atoms with E-state index in [0.717, 1.165) is 43.6 Å². The highest BCUT2D eigenvalue weighted by molar-refractivity contribution is 6.35. The van der Waals surface area contributed by atoms with Gasteiger partial charge >= 0.3 is 0 Å². The first-order chi connectivity index (χ1) is 12.1. The minimum Gasteiger partial charge on any atom is -0.352 e. The van der Waals surface area contributed by atoms with E-state index in [1.165, 1.54) is 0 Å². The number of halogens is 2. The number of carbonyl (C=O) groups excluding carboxylic acids is 1. The molecule has 0 radical (unpaired) electrons. The highest BCUT2D eigenvalue weighted by Gasteiger charge is 2.25.